The molecule has 0 N–H and O–H groups in total. The number of hydrogen-bond acceptors (Lipinski definition) is 5. The van der Waals surface area contributed by atoms with Gasteiger partial charge >= 0.3 is 0 Å². The van der Waals surface area contributed by atoms with Crippen molar-refractivity contribution in [1.82, 2.24) is 0 Å². The van der Waals surface area contributed by atoms with Crippen LogP contribution >= 0.6 is 50.5 Å². The summed E-state index contributed by atoms with van der Waals surface area (Å²) in [5.74, 6) is 0. The lowest BCUT2D eigenvalue weighted by Gasteiger charge is -1.95. The third-order valence-electron chi connectivity index (χ3n) is 0.768. The van der Waals surface area contributed by atoms with Gasteiger partial charge in [0.15, 0.2) is 0 Å². The van der Waals surface area contributed by atoms with Gasteiger partial charge in [-0.25, -0.2) is 0 Å². The molecule has 0 atom stereocenters. The van der Waals surface area contributed by atoms with Crippen LogP contribution in [0, 0.1) is 0 Å². The van der Waals surface area contributed by atoms with E-state index in [0.29, 0.717) is 21.7 Å². The van der Waals surface area contributed by atoms with Crippen molar-refractivity contribution in [3.8, 4) is 0 Å². The Kier molecular flexibility index (Phi) is 8.06. The molecule has 0 heterocycles. The highest BCUT2D eigenvalue weighted by Gasteiger charge is 1.82. The monoisotopic (exact) mass is 226 g/mol. The quantitative estimate of drug-likeness (QED) is 0.425. The zero-order chi connectivity index (χ0) is 8.69. The first-order chi connectivity index (χ1) is 5.13. The summed E-state index contributed by atoms with van der Waals surface area (Å²) in [7, 11) is 0. The Hall–Kier alpha value is 0.840. The van der Waals surface area contributed by atoms with E-state index >= 15 is 0 Å². The third-order valence-corrected chi connectivity index (χ3v) is 1.50. The highest BCUT2D eigenvalue weighted by molar-refractivity contribution is 8.05. The van der Waals surface area contributed by atoms with E-state index in [2.05, 4.69) is 50.5 Å². The maximum absolute atomic E-state index is 5.11. The van der Waals surface area contributed by atoms with Gasteiger partial charge in [-0.15, -0.1) is 50.5 Å². The summed E-state index contributed by atoms with van der Waals surface area (Å²) in [6.07, 6.45) is 3.52. The smallest absolute Gasteiger partial charge is 0.0670 e. The molecule has 0 saturated heterocycles. The SMILES string of the molecule is SC(S)=CCOCC=C(S)S. The lowest BCUT2D eigenvalue weighted by atomic mass is 10.6. The maximum Gasteiger partial charge on any atom is 0.0670 e. The molecule has 1 nitrogen and oxygen atoms in total. The molecule has 0 fully saturated rings. The topological polar surface area (TPSA) is 9.23 Å². The second kappa shape index (κ2) is 7.49. The highest BCUT2D eigenvalue weighted by atomic mass is 32.2. The lowest BCUT2D eigenvalue weighted by Crippen LogP contribution is -1.90. The molecule has 64 valence electrons. The Bertz CT molecular complexity index is 138. The molecule has 0 aliphatic carbocycles. The van der Waals surface area contributed by atoms with Crippen LogP contribution in [-0.2, 0) is 4.74 Å². The molecular formula is C6H10OS4. The van der Waals surface area contributed by atoms with Crippen LogP contribution in [0.4, 0.5) is 0 Å². The molecule has 0 aliphatic rings. The van der Waals surface area contributed by atoms with Gasteiger partial charge in [-0.05, 0) is 12.2 Å². The molecule has 11 heavy (non-hydrogen) atoms. The van der Waals surface area contributed by atoms with Crippen LogP contribution in [0.5, 0.6) is 0 Å². The van der Waals surface area contributed by atoms with Gasteiger partial charge in [-0.2, -0.15) is 0 Å². The minimum atomic E-state index is 0.508. The zero-order valence-electron chi connectivity index (χ0n) is 5.77. The number of hydrogen-bond donors (Lipinski definition) is 4. The van der Waals surface area contributed by atoms with Crippen LogP contribution in [0.25, 0.3) is 0 Å². The average molecular weight is 226 g/mol. The van der Waals surface area contributed by atoms with Gasteiger partial charge in [0.25, 0.3) is 0 Å². The Balaban J connectivity index is 3.29. The Morgan fingerprint density at radius 3 is 1.55 bits per heavy atom. The first kappa shape index (κ1) is 11.8. The summed E-state index contributed by atoms with van der Waals surface area (Å²) in [5.41, 5.74) is 0. The van der Waals surface area contributed by atoms with E-state index in [-0.39, 0.29) is 0 Å². The molecule has 0 amide bonds. The fourth-order valence-corrected chi connectivity index (χ4v) is 0.633. The lowest BCUT2D eigenvalue weighted by molar-refractivity contribution is 0.194. The van der Waals surface area contributed by atoms with Gasteiger partial charge in [0.2, 0.25) is 0 Å². The first-order valence-corrected chi connectivity index (χ1v) is 4.65. The van der Waals surface area contributed by atoms with Crippen LogP contribution in [-0.4, -0.2) is 13.2 Å². The molecule has 0 aromatic carbocycles. The summed E-state index contributed by atoms with van der Waals surface area (Å²) < 4.78 is 6.42. The normalized spacial score (nSPS) is 9.09. The average Bonchev–Trinajstić information content (AvgIpc) is 1.85. The predicted molar refractivity (Wildman–Crippen MR) is 62.9 cm³/mol. The van der Waals surface area contributed by atoms with Crippen LogP contribution in [0.15, 0.2) is 20.6 Å². The number of ether oxygens (including phenoxy) is 1. The maximum atomic E-state index is 5.11. The van der Waals surface area contributed by atoms with Crippen molar-refractivity contribution in [3.05, 3.63) is 20.6 Å². The zero-order valence-corrected chi connectivity index (χ0v) is 9.34. The van der Waals surface area contributed by atoms with Crippen LogP contribution in [0.1, 0.15) is 0 Å². The summed E-state index contributed by atoms with van der Waals surface area (Å²) in [4.78, 5) is 0. The van der Waals surface area contributed by atoms with Crippen molar-refractivity contribution >= 4 is 50.5 Å². The molecule has 5 heteroatoms. The minimum absolute atomic E-state index is 0.508. The van der Waals surface area contributed by atoms with Gasteiger partial charge in [0, 0.05) is 8.47 Å². The Labute approximate surface area is 88.9 Å². The predicted octanol–water partition coefficient (Wildman–Crippen LogP) is 2.41. The third kappa shape index (κ3) is 10.8. The van der Waals surface area contributed by atoms with Crippen molar-refractivity contribution in [3.63, 3.8) is 0 Å². The summed E-state index contributed by atoms with van der Waals surface area (Å²) in [6, 6.07) is 0. The minimum Gasteiger partial charge on any atom is -0.373 e. The van der Waals surface area contributed by atoms with E-state index in [4.69, 9.17) is 4.74 Å². The molecule has 0 unspecified atom stereocenters. The summed E-state index contributed by atoms with van der Waals surface area (Å²) in [6.45, 7) is 1.02. The second-order valence-corrected chi connectivity index (χ2v) is 4.29. The van der Waals surface area contributed by atoms with E-state index < -0.39 is 0 Å². The largest absolute Gasteiger partial charge is 0.373 e. The van der Waals surface area contributed by atoms with E-state index in [0.717, 1.165) is 0 Å². The number of rotatable bonds is 4. The van der Waals surface area contributed by atoms with Gasteiger partial charge < -0.3 is 4.74 Å². The van der Waals surface area contributed by atoms with Crippen LogP contribution in [0.3, 0.4) is 0 Å². The van der Waals surface area contributed by atoms with Crippen LogP contribution < -0.4 is 0 Å². The van der Waals surface area contributed by atoms with Crippen molar-refractivity contribution in [2.75, 3.05) is 13.2 Å². The fourth-order valence-electron chi connectivity index (χ4n) is 0.335. The molecule has 0 bridgehead atoms. The van der Waals surface area contributed by atoms with Crippen molar-refractivity contribution in [2.24, 2.45) is 0 Å². The van der Waals surface area contributed by atoms with Crippen molar-refractivity contribution < 1.29 is 4.74 Å². The summed E-state index contributed by atoms with van der Waals surface area (Å²) in [5, 5.41) is 0. The molecule has 0 aromatic rings. The van der Waals surface area contributed by atoms with E-state index in [1.54, 1.807) is 12.2 Å². The highest BCUT2D eigenvalue weighted by Crippen LogP contribution is 2.05. The van der Waals surface area contributed by atoms with Gasteiger partial charge in [-0.3, -0.25) is 0 Å². The molecule has 0 saturated carbocycles. The van der Waals surface area contributed by atoms with Gasteiger partial charge in [-0.1, -0.05) is 0 Å². The molecule has 0 rings (SSSR count). The molecule has 0 radical (unpaired) electrons. The van der Waals surface area contributed by atoms with E-state index in [1.807, 2.05) is 0 Å². The van der Waals surface area contributed by atoms with Crippen LogP contribution in [0.2, 0.25) is 0 Å². The van der Waals surface area contributed by atoms with Gasteiger partial charge in [0.1, 0.15) is 0 Å². The molecule has 0 spiro atoms. The number of thiol groups is 4. The summed E-state index contributed by atoms with van der Waals surface area (Å²) >= 11 is 15.8. The van der Waals surface area contributed by atoms with E-state index in [1.165, 1.54) is 0 Å². The van der Waals surface area contributed by atoms with E-state index in [9.17, 15) is 0 Å². The molecule has 0 aromatic heterocycles. The Morgan fingerprint density at radius 2 is 1.27 bits per heavy atom. The molecular weight excluding hydrogens is 216 g/mol. The standard InChI is InChI=1S/C6H10OS4/c8-5(9)1-3-7-4-2-6(10)11/h1-2,8-11H,3-4H2. The first-order valence-electron chi connectivity index (χ1n) is 2.87. The Morgan fingerprint density at radius 1 is 0.909 bits per heavy atom. The molecule has 0 aliphatic heterocycles. The second-order valence-electron chi connectivity index (χ2n) is 1.66. The van der Waals surface area contributed by atoms with Crippen molar-refractivity contribution in [2.45, 2.75) is 0 Å². The van der Waals surface area contributed by atoms with Gasteiger partial charge in [0.05, 0.1) is 13.2 Å². The van der Waals surface area contributed by atoms with Crippen molar-refractivity contribution in [1.29, 1.82) is 0 Å². The fraction of sp³-hybridized carbons (Fsp3) is 0.333.